The number of rotatable bonds is 5. The Hall–Kier alpha value is -1.15. The van der Waals surface area contributed by atoms with Gasteiger partial charge in [-0.15, -0.1) is 15.3 Å². The van der Waals surface area contributed by atoms with Crippen LogP contribution < -0.4 is 5.73 Å². The Morgan fingerprint density at radius 1 is 1.36 bits per heavy atom. The van der Waals surface area contributed by atoms with Crippen LogP contribution >= 0.6 is 34.7 Å². The van der Waals surface area contributed by atoms with E-state index < -0.39 is 0 Å². The Morgan fingerprint density at radius 2 is 2.18 bits per heavy atom. The first-order valence-corrected chi connectivity index (χ1v) is 9.15. The second-order valence-electron chi connectivity index (χ2n) is 5.39. The zero-order valence-electron chi connectivity index (χ0n) is 12.4. The lowest BCUT2D eigenvalue weighted by Gasteiger charge is -2.08. The van der Waals surface area contributed by atoms with Gasteiger partial charge in [0.15, 0.2) is 4.34 Å². The standard InChI is InChI=1S/C14H16ClN5S2/c1-8(2)11(16)12-17-18-13-20(12)19-14(22-13)21-7-9-4-3-5-10(15)6-9/h3-6,8,11H,7,16H2,1-2H3/p+1/t11-/m0/s1. The summed E-state index contributed by atoms with van der Waals surface area (Å²) in [5.74, 6) is 2.06. The number of thioether (sulfide) groups is 1. The normalized spacial score (nSPS) is 13.1. The molecule has 5 nitrogen and oxygen atoms in total. The number of hydrogen-bond acceptors (Lipinski definition) is 5. The first-order valence-electron chi connectivity index (χ1n) is 6.97. The average Bonchev–Trinajstić information content (AvgIpc) is 3.04. The van der Waals surface area contributed by atoms with E-state index in [1.807, 2.05) is 22.7 Å². The Balaban J connectivity index is 1.78. The maximum absolute atomic E-state index is 6.01. The van der Waals surface area contributed by atoms with Crippen molar-refractivity contribution in [2.45, 2.75) is 30.0 Å². The van der Waals surface area contributed by atoms with Gasteiger partial charge in [-0.05, 0) is 17.7 Å². The van der Waals surface area contributed by atoms with Crippen LogP contribution in [0, 0.1) is 5.92 Å². The van der Waals surface area contributed by atoms with E-state index in [1.54, 1.807) is 23.1 Å². The van der Waals surface area contributed by atoms with E-state index in [4.69, 9.17) is 11.6 Å². The van der Waals surface area contributed by atoms with Crippen LogP contribution in [0.15, 0.2) is 28.6 Å². The van der Waals surface area contributed by atoms with Gasteiger partial charge in [0.05, 0.1) is 0 Å². The molecule has 0 unspecified atom stereocenters. The summed E-state index contributed by atoms with van der Waals surface area (Å²) in [6, 6.07) is 7.97. The van der Waals surface area contributed by atoms with Gasteiger partial charge in [0, 0.05) is 16.7 Å². The van der Waals surface area contributed by atoms with Crippen molar-refractivity contribution in [2.24, 2.45) is 5.92 Å². The molecule has 0 aliphatic carbocycles. The minimum Gasteiger partial charge on any atom is -0.348 e. The molecule has 2 heterocycles. The lowest BCUT2D eigenvalue weighted by Crippen LogP contribution is -2.56. The Morgan fingerprint density at radius 3 is 2.91 bits per heavy atom. The van der Waals surface area contributed by atoms with Crippen LogP contribution in [0.4, 0.5) is 0 Å². The van der Waals surface area contributed by atoms with E-state index in [-0.39, 0.29) is 6.04 Å². The van der Waals surface area contributed by atoms with E-state index in [0.29, 0.717) is 5.92 Å². The van der Waals surface area contributed by atoms with Gasteiger partial charge in [-0.1, -0.05) is 60.7 Å². The molecule has 0 bridgehead atoms. The van der Waals surface area contributed by atoms with E-state index in [2.05, 4.69) is 40.9 Å². The highest BCUT2D eigenvalue weighted by atomic mass is 35.5. The van der Waals surface area contributed by atoms with E-state index in [1.165, 1.54) is 5.56 Å². The molecular weight excluding hydrogens is 338 g/mol. The molecule has 2 aromatic heterocycles. The average molecular weight is 355 g/mol. The van der Waals surface area contributed by atoms with Crippen molar-refractivity contribution in [2.75, 3.05) is 0 Å². The van der Waals surface area contributed by atoms with E-state index in [0.717, 1.165) is 25.9 Å². The first-order chi connectivity index (χ1) is 10.5. The van der Waals surface area contributed by atoms with Gasteiger partial charge in [0.2, 0.25) is 10.8 Å². The Bertz CT molecular complexity index is 782. The molecule has 1 aromatic carbocycles. The lowest BCUT2D eigenvalue weighted by molar-refractivity contribution is -0.440. The predicted octanol–water partition coefficient (Wildman–Crippen LogP) is 3.07. The number of aromatic nitrogens is 4. The summed E-state index contributed by atoms with van der Waals surface area (Å²) >= 11 is 9.24. The van der Waals surface area contributed by atoms with Gasteiger partial charge in [0.1, 0.15) is 6.04 Å². The first kappa shape index (κ1) is 15.7. The summed E-state index contributed by atoms with van der Waals surface area (Å²) in [5, 5.41) is 13.8. The molecule has 116 valence electrons. The zero-order chi connectivity index (χ0) is 15.7. The van der Waals surface area contributed by atoms with Crippen molar-refractivity contribution < 1.29 is 5.73 Å². The smallest absolute Gasteiger partial charge is 0.235 e. The minimum absolute atomic E-state index is 0.0860. The molecule has 0 saturated heterocycles. The molecule has 22 heavy (non-hydrogen) atoms. The van der Waals surface area contributed by atoms with E-state index in [9.17, 15) is 0 Å². The quantitative estimate of drug-likeness (QED) is 0.715. The predicted molar refractivity (Wildman–Crippen MR) is 90.1 cm³/mol. The SMILES string of the molecule is CC(C)[C@H]([NH3+])c1nnc2sc(SCc3cccc(Cl)c3)nn12. The maximum Gasteiger partial charge on any atom is 0.235 e. The highest BCUT2D eigenvalue weighted by Gasteiger charge is 2.23. The number of fused-ring (bicyclic) bond motifs is 1. The van der Waals surface area contributed by atoms with Gasteiger partial charge in [-0.2, -0.15) is 4.52 Å². The third-order valence-electron chi connectivity index (χ3n) is 3.38. The summed E-state index contributed by atoms with van der Waals surface area (Å²) in [6.07, 6.45) is 0. The molecule has 3 rings (SSSR count). The molecule has 0 spiro atoms. The molecule has 0 fully saturated rings. The van der Waals surface area contributed by atoms with Crippen LogP contribution in [-0.4, -0.2) is 19.8 Å². The summed E-state index contributed by atoms with van der Waals surface area (Å²) in [4.78, 5) is 0.817. The maximum atomic E-state index is 6.01. The Kier molecular flexibility index (Phi) is 4.67. The number of benzene rings is 1. The van der Waals surface area contributed by atoms with Gasteiger partial charge >= 0.3 is 0 Å². The molecule has 0 amide bonds. The number of hydrogen-bond donors (Lipinski definition) is 1. The van der Waals surface area contributed by atoms with Crippen molar-refractivity contribution in [3.63, 3.8) is 0 Å². The third-order valence-corrected chi connectivity index (χ3v) is 5.72. The van der Waals surface area contributed by atoms with Crippen molar-refractivity contribution in [1.29, 1.82) is 0 Å². The number of halogens is 1. The molecule has 0 aliphatic rings. The fourth-order valence-corrected chi connectivity index (χ4v) is 4.01. The molecule has 3 aromatic rings. The number of quaternary nitrogens is 1. The Labute approximate surface area is 141 Å². The van der Waals surface area contributed by atoms with Crippen LogP contribution in [0.25, 0.3) is 4.96 Å². The third kappa shape index (κ3) is 3.27. The summed E-state index contributed by atoms with van der Waals surface area (Å²) in [6.45, 7) is 4.25. The van der Waals surface area contributed by atoms with Gasteiger partial charge in [-0.25, -0.2) is 0 Å². The fraction of sp³-hybridized carbons (Fsp3) is 0.357. The summed E-state index contributed by atoms with van der Waals surface area (Å²) in [5.41, 5.74) is 5.34. The monoisotopic (exact) mass is 354 g/mol. The van der Waals surface area contributed by atoms with Gasteiger partial charge in [0.25, 0.3) is 0 Å². The number of nitrogens with zero attached hydrogens (tertiary/aromatic N) is 4. The zero-order valence-corrected chi connectivity index (χ0v) is 14.8. The highest BCUT2D eigenvalue weighted by molar-refractivity contribution is 8.00. The van der Waals surface area contributed by atoms with Crippen molar-refractivity contribution in [3.05, 3.63) is 40.7 Å². The fourth-order valence-electron chi connectivity index (χ4n) is 1.97. The molecular formula is C14H17ClN5S2+. The highest BCUT2D eigenvalue weighted by Crippen LogP contribution is 2.29. The van der Waals surface area contributed by atoms with Crippen LogP contribution in [-0.2, 0) is 5.75 Å². The van der Waals surface area contributed by atoms with Crippen LogP contribution in [0.2, 0.25) is 5.02 Å². The second kappa shape index (κ2) is 6.54. The molecule has 0 aliphatic heterocycles. The van der Waals surface area contributed by atoms with Crippen molar-refractivity contribution in [3.8, 4) is 0 Å². The van der Waals surface area contributed by atoms with Gasteiger partial charge in [-0.3, -0.25) is 0 Å². The minimum atomic E-state index is 0.0860. The summed E-state index contributed by atoms with van der Waals surface area (Å²) < 4.78 is 2.80. The molecule has 8 heteroatoms. The molecule has 3 N–H and O–H groups in total. The largest absolute Gasteiger partial charge is 0.348 e. The van der Waals surface area contributed by atoms with Crippen LogP contribution in [0.1, 0.15) is 31.3 Å². The summed E-state index contributed by atoms with van der Waals surface area (Å²) in [7, 11) is 0. The van der Waals surface area contributed by atoms with Gasteiger partial charge < -0.3 is 5.73 Å². The lowest BCUT2D eigenvalue weighted by atomic mass is 10.1. The van der Waals surface area contributed by atoms with Crippen LogP contribution in [0.5, 0.6) is 0 Å². The molecule has 0 saturated carbocycles. The molecule has 1 atom stereocenters. The van der Waals surface area contributed by atoms with Crippen molar-refractivity contribution >= 4 is 39.7 Å². The topological polar surface area (TPSA) is 70.7 Å². The second-order valence-corrected chi connectivity index (χ2v) is 8.00. The molecule has 0 radical (unpaired) electrons. The van der Waals surface area contributed by atoms with E-state index >= 15 is 0 Å². The van der Waals surface area contributed by atoms with Crippen LogP contribution in [0.3, 0.4) is 0 Å². The van der Waals surface area contributed by atoms with Crippen molar-refractivity contribution in [1.82, 2.24) is 19.8 Å².